The van der Waals surface area contributed by atoms with Gasteiger partial charge in [0, 0.05) is 11.1 Å². The zero-order valence-electron chi connectivity index (χ0n) is 35.6. The molecule has 0 saturated heterocycles. The van der Waals surface area contributed by atoms with Gasteiger partial charge in [0.2, 0.25) is 0 Å². The average molecular weight is 750 g/mol. The van der Waals surface area contributed by atoms with Crippen LogP contribution in [0.1, 0.15) is 63.8 Å². The molecule has 6 aromatic rings. The summed E-state index contributed by atoms with van der Waals surface area (Å²) in [7, 11) is 1.11. The number of quaternary nitrogens is 1. The van der Waals surface area contributed by atoms with Gasteiger partial charge < -0.3 is 9.59 Å². The number of nitrogens with zero attached hydrogens (tertiary/aromatic N) is 1. The number of rotatable bonds is 8. The highest BCUT2D eigenvalue weighted by molar-refractivity contribution is 6.94. The lowest BCUT2D eigenvalue weighted by atomic mass is 9.82. The molecular formula is C50H63NOSi2. The van der Waals surface area contributed by atoms with E-state index in [9.17, 15) is 5.11 Å². The molecule has 0 saturated carbocycles. The van der Waals surface area contributed by atoms with E-state index in [-0.39, 0.29) is 15.8 Å². The molecule has 0 spiro atoms. The highest BCUT2D eigenvalue weighted by atomic mass is 28.3. The lowest BCUT2D eigenvalue weighted by Crippen LogP contribution is -2.55. The minimum absolute atomic E-state index is 0.0742. The van der Waals surface area contributed by atoms with Crippen LogP contribution in [0.15, 0.2) is 103 Å². The molecule has 0 atom stereocenters. The number of hydrogen-bond acceptors (Lipinski definition) is 1. The molecule has 6 rings (SSSR count). The Morgan fingerprint density at radius 1 is 0.537 bits per heavy atom. The van der Waals surface area contributed by atoms with E-state index in [1.807, 2.05) is 6.07 Å². The Labute approximate surface area is 328 Å². The van der Waals surface area contributed by atoms with Crippen molar-refractivity contribution in [2.75, 3.05) is 14.1 Å². The van der Waals surface area contributed by atoms with Gasteiger partial charge in [0.15, 0.2) is 0 Å². The number of fused-ring (bicyclic) bond motifs is 2. The molecule has 0 unspecified atom stereocenters. The van der Waals surface area contributed by atoms with Gasteiger partial charge >= 0.3 is 0 Å². The molecule has 0 heterocycles. The Morgan fingerprint density at radius 3 is 1.57 bits per heavy atom. The molecule has 0 fully saturated rings. The summed E-state index contributed by atoms with van der Waals surface area (Å²) in [5, 5.41) is 22.3. The van der Waals surface area contributed by atoms with Crippen molar-refractivity contribution in [3.63, 3.8) is 0 Å². The quantitative estimate of drug-likeness (QED) is 0.112. The Bertz CT molecular complexity index is 2300. The smallest absolute Gasteiger partial charge is 0.105 e. The molecule has 4 heteroatoms. The lowest BCUT2D eigenvalue weighted by Gasteiger charge is -2.41. The first-order valence-electron chi connectivity index (χ1n) is 19.8. The average Bonchev–Trinajstić information content (AvgIpc) is 3.07. The maximum absolute atomic E-state index is 14.3. The van der Waals surface area contributed by atoms with Crippen LogP contribution in [0, 0.1) is 13.8 Å². The summed E-state index contributed by atoms with van der Waals surface area (Å²) in [6, 6.07) is 37.6. The topological polar surface area (TPSA) is 23.1 Å². The largest absolute Gasteiger partial charge is 0.872 e. The summed E-state index contributed by atoms with van der Waals surface area (Å²) in [6.45, 7) is 31.0. The van der Waals surface area contributed by atoms with E-state index in [1.165, 1.54) is 33.4 Å². The van der Waals surface area contributed by atoms with Crippen molar-refractivity contribution in [3.8, 4) is 28.0 Å². The summed E-state index contributed by atoms with van der Waals surface area (Å²) >= 11 is 0. The molecule has 0 radical (unpaired) electrons. The van der Waals surface area contributed by atoms with Crippen molar-refractivity contribution in [1.29, 1.82) is 0 Å². The molecule has 0 aliphatic rings. The van der Waals surface area contributed by atoms with Crippen LogP contribution in [-0.4, -0.2) is 34.7 Å². The van der Waals surface area contributed by atoms with Crippen molar-refractivity contribution in [2.45, 2.75) is 105 Å². The van der Waals surface area contributed by atoms with Crippen LogP contribution in [-0.2, 0) is 13.1 Å². The van der Waals surface area contributed by atoms with E-state index in [0.29, 0.717) is 0 Å². The fourth-order valence-electron chi connectivity index (χ4n) is 8.16. The van der Waals surface area contributed by atoms with Crippen molar-refractivity contribution < 1.29 is 9.59 Å². The molecule has 54 heavy (non-hydrogen) atoms. The summed E-state index contributed by atoms with van der Waals surface area (Å²) in [4.78, 5) is 0. The number of benzene rings is 6. The van der Waals surface area contributed by atoms with Gasteiger partial charge in [0.05, 0.1) is 30.2 Å². The standard InChI is InChI=1S/C50H63NOSi2/c1-34-20-19-21-35(2)46(34)43-30-38-23-16-18-25-42(38)47(48-41-24-17-15-22-37(41)26-27-45(48)52)44(43)33-51(9,10)32-36-28-39(53(11,12)49(3,4)5)31-40(29-36)54(13,14)50(6,7)8/h15-31H,32-33H2,1-14H3. The molecule has 0 aliphatic heterocycles. The molecule has 0 aromatic heterocycles. The summed E-state index contributed by atoms with van der Waals surface area (Å²) in [6.07, 6.45) is 0. The zero-order chi connectivity index (χ0) is 39.6. The van der Waals surface area contributed by atoms with Gasteiger partial charge in [-0.1, -0.05) is 175 Å². The second kappa shape index (κ2) is 14.0. The minimum Gasteiger partial charge on any atom is -0.872 e. The highest BCUT2D eigenvalue weighted by Crippen LogP contribution is 2.47. The lowest BCUT2D eigenvalue weighted by molar-refractivity contribution is -0.916. The summed E-state index contributed by atoms with van der Waals surface area (Å²) in [5.41, 5.74) is 9.57. The summed E-state index contributed by atoms with van der Waals surface area (Å²) < 4.78 is 0.750. The molecule has 0 aliphatic carbocycles. The van der Waals surface area contributed by atoms with E-state index in [2.05, 4.69) is 187 Å². The maximum Gasteiger partial charge on any atom is 0.105 e. The van der Waals surface area contributed by atoms with Crippen LogP contribution < -0.4 is 15.5 Å². The fraction of sp³-hybridized carbons (Fsp3) is 0.360. The molecule has 6 aromatic carbocycles. The molecule has 2 nitrogen and oxygen atoms in total. The van der Waals surface area contributed by atoms with Crippen LogP contribution in [0.3, 0.4) is 0 Å². The number of hydrogen-bond donors (Lipinski definition) is 0. The molecule has 0 amide bonds. The first-order valence-corrected chi connectivity index (χ1v) is 25.8. The van der Waals surface area contributed by atoms with E-state index in [0.717, 1.165) is 50.2 Å². The van der Waals surface area contributed by atoms with Gasteiger partial charge in [-0.2, -0.15) is 0 Å². The van der Waals surface area contributed by atoms with Crippen LogP contribution in [0.2, 0.25) is 36.3 Å². The zero-order valence-corrected chi connectivity index (χ0v) is 37.6. The SMILES string of the molecule is Cc1cccc(C)c1-c1cc2ccccc2c(-c2c([O-])ccc3ccccc23)c1C[N+](C)(C)Cc1cc([Si](C)(C)C(C)(C)C)cc([Si](C)(C)C(C)(C)C)c1. The molecular weight excluding hydrogens is 687 g/mol. The molecule has 0 N–H and O–H groups in total. The van der Waals surface area contributed by atoms with Crippen molar-refractivity contribution in [2.24, 2.45) is 0 Å². The van der Waals surface area contributed by atoms with E-state index in [4.69, 9.17) is 0 Å². The predicted octanol–water partition coefficient (Wildman–Crippen LogP) is 12.2. The first-order chi connectivity index (χ1) is 25.0. The second-order valence-corrected chi connectivity index (χ2v) is 30.5. The van der Waals surface area contributed by atoms with Crippen LogP contribution in [0.5, 0.6) is 5.75 Å². The predicted molar refractivity (Wildman–Crippen MR) is 241 cm³/mol. The fourth-order valence-corrected chi connectivity index (χ4v) is 12.2. The Hall–Kier alpha value is -3.97. The third-order valence-electron chi connectivity index (χ3n) is 13.4. The number of aryl methyl sites for hydroxylation is 2. The van der Waals surface area contributed by atoms with Gasteiger partial charge in [-0.25, -0.2) is 0 Å². The Morgan fingerprint density at radius 2 is 1.04 bits per heavy atom. The third kappa shape index (κ3) is 7.25. The van der Waals surface area contributed by atoms with Crippen molar-refractivity contribution >= 4 is 48.1 Å². The van der Waals surface area contributed by atoms with E-state index in [1.54, 1.807) is 16.4 Å². The van der Waals surface area contributed by atoms with Gasteiger partial charge in [-0.3, -0.25) is 0 Å². The monoisotopic (exact) mass is 749 g/mol. The van der Waals surface area contributed by atoms with Gasteiger partial charge in [-0.05, 0) is 84.9 Å². The Balaban J connectivity index is 1.63. The van der Waals surface area contributed by atoms with Crippen molar-refractivity contribution in [3.05, 3.63) is 125 Å². The van der Waals surface area contributed by atoms with Crippen LogP contribution in [0.4, 0.5) is 0 Å². The highest BCUT2D eigenvalue weighted by Gasteiger charge is 2.41. The van der Waals surface area contributed by atoms with Crippen LogP contribution >= 0.6 is 0 Å². The molecule has 282 valence electrons. The minimum atomic E-state index is -1.83. The van der Waals surface area contributed by atoms with Crippen molar-refractivity contribution in [1.82, 2.24) is 0 Å². The van der Waals surface area contributed by atoms with E-state index < -0.39 is 16.1 Å². The normalized spacial score (nSPS) is 13.2. The second-order valence-electron chi connectivity index (χ2n) is 19.8. The first kappa shape index (κ1) is 39.7. The third-order valence-corrected chi connectivity index (χ3v) is 24.4. The van der Waals surface area contributed by atoms with Gasteiger partial charge in [-0.15, -0.1) is 5.75 Å². The Kier molecular flexibility index (Phi) is 10.3. The molecule has 0 bridgehead atoms. The van der Waals surface area contributed by atoms with Gasteiger partial charge in [0.25, 0.3) is 0 Å². The van der Waals surface area contributed by atoms with Gasteiger partial charge in [0.1, 0.15) is 13.1 Å². The van der Waals surface area contributed by atoms with E-state index >= 15 is 0 Å². The summed E-state index contributed by atoms with van der Waals surface area (Å²) in [5.74, 6) is 0.0742. The van der Waals surface area contributed by atoms with Crippen LogP contribution in [0.25, 0.3) is 43.8 Å². The maximum atomic E-state index is 14.3.